The molecular weight excluding hydrogens is 296 g/mol. The van der Waals surface area contributed by atoms with Gasteiger partial charge in [0.25, 0.3) is 0 Å². The molecule has 6 nitrogen and oxygen atoms in total. The van der Waals surface area contributed by atoms with E-state index in [0.717, 1.165) is 0 Å². The highest BCUT2D eigenvalue weighted by molar-refractivity contribution is 7.91. The van der Waals surface area contributed by atoms with Crippen molar-refractivity contribution in [2.24, 2.45) is 0 Å². The van der Waals surface area contributed by atoms with Gasteiger partial charge in [-0.15, -0.1) is 0 Å². The van der Waals surface area contributed by atoms with E-state index in [2.05, 4.69) is 0 Å². The quantitative estimate of drug-likeness (QED) is 0.874. The number of aliphatic hydroxyl groups excluding tert-OH is 1. The standard InChI is InChI=1S/C14H16O6S/c15-11-6-7-18-12-8-19-13(20-14(11)12)9-21(16,17)10-4-2-1-3-5-10/h1-7,11-15H,8-9H2/t11-,12-,13?,14+/m1/s1. The molecule has 0 radical (unpaired) electrons. The van der Waals surface area contributed by atoms with Crippen LogP contribution in [0.4, 0.5) is 0 Å². The molecule has 0 spiro atoms. The van der Waals surface area contributed by atoms with Crippen molar-refractivity contribution in [2.75, 3.05) is 12.4 Å². The van der Waals surface area contributed by atoms with Crippen molar-refractivity contribution in [3.05, 3.63) is 42.7 Å². The number of fused-ring (bicyclic) bond motifs is 1. The smallest absolute Gasteiger partial charge is 0.183 e. The first kappa shape index (κ1) is 14.5. The van der Waals surface area contributed by atoms with Crippen LogP contribution in [0.15, 0.2) is 47.6 Å². The van der Waals surface area contributed by atoms with E-state index in [1.54, 1.807) is 18.2 Å². The number of benzene rings is 1. The van der Waals surface area contributed by atoms with Gasteiger partial charge in [-0.05, 0) is 18.2 Å². The predicted molar refractivity (Wildman–Crippen MR) is 73.1 cm³/mol. The molecule has 1 unspecified atom stereocenters. The fraction of sp³-hybridized carbons (Fsp3) is 0.429. The minimum Gasteiger partial charge on any atom is -0.493 e. The van der Waals surface area contributed by atoms with Crippen molar-refractivity contribution in [1.82, 2.24) is 0 Å². The molecule has 2 aliphatic rings. The minimum atomic E-state index is -3.51. The molecule has 1 saturated heterocycles. The van der Waals surface area contributed by atoms with Crippen molar-refractivity contribution in [2.45, 2.75) is 29.5 Å². The lowest BCUT2D eigenvalue weighted by atomic mass is 10.1. The average Bonchev–Trinajstić information content (AvgIpc) is 2.49. The van der Waals surface area contributed by atoms with Crippen molar-refractivity contribution >= 4 is 9.84 Å². The van der Waals surface area contributed by atoms with E-state index in [1.165, 1.54) is 24.5 Å². The van der Waals surface area contributed by atoms with Gasteiger partial charge in [0.1, 0.15) is 18.0 Å². The van der Waals surface area contributed by atoms with E-state index < -0.39 is 34.4 Å². The molecule has 4 atom stereocenters. The molecule has 0 saturated carbocycles. The molecule has 1 N–H and O–H groups in total. The van der Waals surface area contributed by atoms with E-state index >= 15 is 0 Å². The second kappa shape index (κ2) is 5.76. The Kier molecular flexibility index (Phi) is 3.99. The monoisotopic (exact) mass is 312 g/mol. The molecular formula is C14H16O6S. The second-order valence-electron chi connectivity index (χ2n) is 4.95. The summed E-state index contributed by atoms with van der Waals surface area (Å²) in [6, 6.07) is 8.13. The zero-order valence-electron chi connectivity index (χ0n) is 11.2. The highest BCUT2D eigenvalue weighted by Gasteiger charge is 2.40. The fourth-order valence-electron chi connectivity index (χ4n) is 2.34. The molecule has 0 aromatic heterocycles. The third-order valence-electron chi connectivity index (χ3n) is 3.45. The van der Waals surface area contributed by atoms with Gasteiger partial charge in [-0.25, -0.2) is 8.42 Å². The third kappa shape index (κ3) is 3.11. The van der Waals surface area contributed by atoms with Gasteiger partial charge in [-0.2, -0.15) is 0 Å². The fourth-order valence-corrected chi connectivity index (χ4v) is 3.64. The van der Waals surface area contributed by atoms with Crippen LogP contribution in [0.5, 0.6) is 0 Å². The Morgan fingerprint density at radius 3 is 2.76 bits per heavy atom. The Hall–Kier alpha value is -1.41. The first-order chi connectivity index (χ1) is 10.1. The summed E-state index contributed by atoms with van der Waals surface area (Å²) < 4.78 is 40.7. The van der Waals surface area contributed by atoms with Crippen LogP contribution in [-0.4, -0.2) is 50.5 Å². The van der Waals surface area contributed by atoms with Gasteiger partial charge in [0.05, 0.1) is 17.8 Å². The van der Waals surface area contributed by atoms with Gasteiger partial charge in [0.15, 0.2) is 22.2 Å². The van der Waals surface area contributed by atoms with E-state index in [9.17, 15) is 13.5 Å². The number of sulfone groups is 1. The molecule has 114 valence electrons. The van der Waals surface area contributed by atoms with Gasteiger partial charge in [0, 0.05) is 0 Å². The van der Waals surface area contributed by atoms with Gasteiger partial charge in [-0.1, -0.05) is 18.2 Å². The van der Waals surface area contributed by atoms with Crippen LogP contribution in [0.1, 0.15) is 0 Å². The van der Waals surface area contributed by atoms with Crippen molar-refractivity contribution in [3.63, 3.8) is 0 Å². The molecule has 7 heteroatoms. The maximum absolute atomic E-state index is 12.3. The van der Waals surface area contributed by atoms with Crippen LogP contribution < -0.4 is 0 Å². The summed E-state index contributed by atoms with van der Waals surface area (Å²) in [7, 11) is -3.51. The highest BCUT2D eigenvalue weighted by Crippen LogP contribution is 2.25. The number of hydrogen-bond acceptors (Lipinski definition) is 6. The highest BCUT2D eigenvalue weighted by atomic mass is 32.2. The van der Waals surface area contributed by atoms with Crippen LogP contribution in [0.25, 0.3) is 0 Å². The minimum absolute atomic E-state index is 0.182. The first-order valence-corrected chi connectivity index (χ1v) is 8.26. The predicted octanol–water partition coefficient (Wildman–Crippen LogP) is 0.475. The Morgan fingerprint density at radius 2 is 2.00 bits per heavy atom. The Labute approximate surface area is 122 Å². The Morgan fingerprint density at radius 1 is 1.24 bits per heavy atom. The molecule has 2 heterocycles. The molecule has 1 aromatic rings. The molecule has 3 rings (SSSR count). The number of aliphatic hydroxyl groups is 1. The molecule has 0 amide bonds. The lowest BCUT2D eigenvalue weighted by Gasteiger charge is -2.39. The molecule has 21 heavy (non-hydrogen) atoms. The summed E-state index contributed by atoms with van der Waals surface area (Å²) in [5.74, 6) is -0.295. The number of hydrogen-bond donors (Lipinski definition) is 1. The van der Waals surface area contributed by atoms with Gasteiger partial charge in [-0.3, -0.25) is 0 Å². The van der Waals surface area contributed by atoms with Crippen molar-refractivity contribution in [1.29, 1.82) is 0 Å². The van der Waals surface area contributed by atoms with Crippen LogP contribution in [-0.2, 0) is 24.0 Å². The molecule has 1 aromatic carbocycles. The molecule has 0 bridgehead atoms. The summed E-state index contributed by atoms with van der Waals surface area (Å²) in [6.45, 7) is 0.182. The molecule has 2 aliphatic heterocycles. The van der Waals surface area contributed by atoms with E-state index in [1.807, 2.05) is 0 Å². The van der Waals surface area contributed by atoms with Crippen LogP contribution in [0, 0.1) is 0 Å². The van der Waals surface area contributed by atoms with E-state index in [-0.39, 0.29) is 17.3 Å². The summed E-state index contributed by atoms with van der Waals surface area (Å²) >= 11 is 0. The van der Waals surface area contributed by atoms with Crippen LogP contribution in [0.3, 0.4) is 0 Å². The van der Waals surface area contributed by atoms with Gasteiger partial charge < -0.3 is 19.3 Å². The van der Waals surface area contributed by atoms with Crippen LogP contribution in [0.2, 0.25) is 0 Å². The number of rotatable bonds is 3. The topological polar surface area (TPSA) is 82.1 Å². The summed E-state index contributed by atoms with van der Waals surface area (Å²) in [5.41, 5.74) is 0. The summed E-state index contributed by atoms with van der Waals surface area (Å²) in [5, 5.41) is 9.84. The zero-order chi connectivity index (χ0) is 14.9. The van der Waals surface area contributed by atoms with Gasteiger partial charge in [0.2, 0.25) is 0 Å². The van der Waals surface area contributed by atoms with Crippen molar-refractivity contribution in [3.8, 4) is 0 Å². The molecule has 0 aliphatic carbocycles. The SMILES string of the molecule is O=S(=O)(CC1OC[C@H]2OC=C[C@@H](O)[C@@H]2O1)c1ccccc1. The van der Waals surface area contributed by atoms with E-state index in [0.29, 0.717) is 0 Å². The Balaban J connectivity index is 1.70. The average molecular weight is 312 g/mol. The second-order valence-corrected chi connectivity index (χ2v) is 6.99. The van der Waals surface area contributed by atoms with Crippen molar-refractivity contribution < 1.29 is 27.7 Å². The maximum atomic E-state index is 12.3. The summed E-state index contributed by atoms with van der Waals surface area (Å²) in [4.78, 5) is 0.222. The van der Waals surface area contributed by atoms with Crippen LogP contribution >= 0.6 is 0 Å². The molecule has 1 fully saturated rings. The van der Waals surface area contributed by atoms with Gasteiger partial charge >= 0.3 is 0 Å². The number of ether oxygens (including phenoxy) is 3. The lowest BCUT2D eigenvalue weighted by molar-refractivity contribution is -0.263. The van der Waals surface area contributed by atoms with E-state index in [4.69, 9.17) is 14.2 Å². The largest absolute Gasteiger partial charge is 0.493 e. The third-order valence-corrected chi connectivity index (χ3v) is 5.15. The first-order valence-electron chi connectivity index (χ1n) is 6.61. The normalized spacial score (nSPS) is 32.2. The lowest BCUT2D eigenvalue weighted by Crippen LogP contribution is -2.52. The summed E-state index contributed by atoms with van der Waals surface area (Å²) in [6.07, 6.45) is 0.102. The maximum Gasteiger partial charge on any atom is 0.183 e. The zero-order valence-corrected chi connectivity index (χ0v) is 12.0. The Bertz CT molecular complexity index is 612.